The monoisotopic (exact) mass is 269 g/mol. The van der Waals surface area contributed by atoms with Gasteiger partial charge >= 0.3 is 0 Å². The Labute approximate surface area is 122 Å². The van der Waals surface area contributed by atoms with Crippen LogP contribution in [0.2, 0.25) is 0 Å². The first-order valence-corrected chi connectivity index (χ1v) is 5.99. The van der Waals surface area contributed by atoms with Gasteiger partial charge in [-0.25, -0.2) is 0 Å². The summed E-state index contributed by atoms with van der Waals surface area (Å²) >= 11 is 0. The van der Waals surface area contributed by atoms with E-state index in [0.29, 0.717) is 0 Å². The molecule has 0 spiro atoms. The van der Waals surface area contributed by atoms with Gasteiger partial charge in [-0.2, -0.15) is 0 Å². The van der Waals surface area contributed by atoms with Crippen molar-refractivity contribution in [3.8, 4) is 12.3 Å². The van der Waals surface area contributed by atoms with Gasteiger partial charge in [0.1, 0.15) is 0 Å². The first-order chi connectivity index (χ1) is 9.71. The zero-order valence-corrected chi connectivity index (χ0v) is 12.2. The molecule has 0 radical (unpaired) electrons. The molecule has 0 aromatic heterocycles. The Morgan fingerprint density at radius 1 is 1.30 bits per heavy atom. The third kappa shape index (κ3) is 9.46. The fourth-order valence-corrected chi connectivity index (χ4v) is 1.12. The number of benzene rings is 1. The van der Waals surface area contributed by atoms with Crippen LogP contribution in [0.15, 0.2) is 61.3 Å². The number of allylic oxidation sites excluding steroid dienone is 3. The van der Waals surface area contributed by atoms with Crippen LogP contribution < -0.4 is 11.1 Å². The van der Waals surface area contributed by atoms with Crippen molar-refractivity contribution in [2.45, 2.75) is 6.92 Å². The van der Waals surface area contributed by atoms with Gasteiger partial charge in [0, 0.05) is 17.6 Å². The molecule has 4 N–H and O–H groups in total. The summed E-state index contributed by atoms with van der Waals surface area (Å²) in [5, 5.41) is 10.2. The molecule has 1 aromatic carbocycles. The van der Waals surface area contributed by atoms with Gasteiger partial charge in [-0.1, -0.05) is 31.4 Å². The van der Waals surface area contributed by atoms with Crippen LogP contribution in [0, 0.1) is 17.8 Å². The van der Waals surface area contributed by atoms with E-state index in [9.17, 15) is 0 Å². The van der Waals surface area contributed by atoms with Gasteiger partial charge in [0.05, 0.1) is 0 Å². The predicted molar refractivity (Wildman–Crippen MR) is 91.0 cm³/mol. The van der Waals surface area contributed by atoms with E-state index < -0.39 is 0 Å². The molecule has 3 nitrogen and oxygen atoms in total. The second-order valence-electron chi connectivity index (χ2n) is 3.24. The maximum Gasteiger partial charge on any atom is 0.0384 e. The van der Waals surface area contributed by atoms with E-state index in [1.807, 2.05) is 30.3 Å². The van der Waals surface area contributed by atoms with E-state index in [4.69, 9.17) is 5.41 Å². The predicted octanol–water partition coefficient (Wildman–Crippen LogP) is 3.57. The second-order valence-corrected chi connectivity index (χ2v) is 3.24. The summed E-state index contributed by atoms with van der Waals surface area (Å²) in [7, 11) is 1.50. The molecule has 0 heterocycles. The molecule has 0 bridgehead atoms. The molecular formula is C17H23N3. The summed E-state index contributed by atoms with van der Waals surface area (Å²) < 4.78 is 0. The van der Waals surface area contributed by atoms with Gasteiger partial charge in [0.25, 0.3) is 0 Å². The van der Waals surface area contributed by atoms with Gasteiger partial charge in [-0.3, -0.25) is 0 Å². The van der Waals surface area contributed by atoms with Crippen LogP contribution in [0.1, 0.15) is 12.5 Å². The van der Waals surface area contributed by atoms with Crippen molar-refractivity contribution in [1.29, 1.82) is 5.41 Å². The Morgan fingerprint density at radius 3 is 2.15 bits per heavy atom. The van der Waals surface area contributed by atoms with Crippen molar-refractivity contribution in [1.82, 2.24) is 0 Å². The Morgan fingerprint density at radius 2 is 1.80 bits per heavy atom. The van der Waals surface area contributed by atoms with E-state index >= 15 is 0 Å². The van der Waals surface area contributed by atoms with Crippen LogP contribution in [0.3, 0.4) is 0 Å². The highest BCUT2D eigenvalue weighted by molar-refractivity contribution is 5.77. The highest BCUT2D eigenvalue weighted by atomic mass is 14.9. The average Bonchev–Trinajstić information content (AvgIpc) is 2.50. The summed E-state index contributed by atoms with van der Waals surface area (Å²) in [6.07, 6.45) is 11.2. The summed E-state index contributed by atoms with van der Waals surface area (Å²) in [6, 6.07) is 7.59. The zero-order chi connectivity index (χ0) is 15.8. The van der Waals surface area contributed by atoms with Crippen molar-refractivity contribution >= 4 is 11.9 Å². The summed E-state index contributed by atoms with van der Waals surface area (Å²) in [6.45, 7) is 8.97. The molecule has 1 aromatic rings. The number of hydrogen-bond donors (Lipinski definition) is 3. The Hall–Kier alpha value is -2.57. The van der Waals surface area contributed by atoms with Gasteiger partial charge < -0.3 is 16.5 Å². The quantitative estimate of drug-likeness (QED) is 0.435. The molecule has 1 rings (SSSR count). The maximum absolute atomic E-state index is 7.07. The third-order valence-corrected chi connectivity index (χ3v) is 1.88. The van der Waals surface area contributed by atoms with Crippen molar-refractivity contribution < 1.29 is 0 Å². The summed E-state index contributed by atoms with van der Waals surface area (Å²) in [5.41, 5.74) is 7.25. The lowest BCUT2D eigenvalue weighted by Crippen LogP contribution is -1.96. The minimum atomic E-state index is 0.883. The highest BCUT2D eigenvalue weighted by Crippen LogP contribution is 2.11. The molecule has 106 valence electrons. The number of anilines is 1. The Bertz CT molecular complexity index is 462. The molecule has 0 aliphatic heterocycles. The lowest BCUT2D eigenvalue weighted by molar-refractivity contribution is 1.47. The second kappa shape index (κ2) is 14.5. The molecule has 0 unspecified atom stereocenters. The fourth-order valence-electron chi connectivity index (χ4n) is 1.12. The smallest absolute Gasteiger partial charge is 0.0384 e. The van der Waals surface area contributed by atoms with Crippen LogP contribution in [0.5, 0.6) is 0 Å². The Kier molecular flexibility index (Phi) is 14.3. The third-order valence-electron chi connectivity index (χ3n) is 1.88. The lowest BCUT2D eigenvalue weighted by Gasteiger charge is -2.06. The van der Waals surface area contributed by atoms with Gasteiger partial charge in [-0.15, -0.1) is 12.3 Å². The Balaban J connectivity index is 0. The van der Waals surface area contributed by atoms with E-state index in [0.717, 1.165) is 16.9 Å². The number of nitrogens with one attached hydrogen (secondary N) is 2. The topological polar surface area (TPSA) is 61.9 Å². The van der Waals surface area contributed by atoms with Crippen molar-refractivity contribution in [2.24, 2.45) is 5.73 Å². The minimum Gasteiger partial charge on any atom is -0.356 e. The first-order valence-electron chi connectivity index (χ1n) is 5.99. The molecular weight excluding hydrogens is 246 g/mol. The standard InChI is InChI=1S/C13H14N2.C3H4.CH5N/c1-3-5-12(4-2)15-13-8-6-11(10-14)7-9-13;1-3-2;1-2/h3-10,14-15H,1-2H2;1H,2H3;2H2,1H3/b12-5+,14-10?;;. The van der Waals surface area contributed by atoms with Crippen LogP contribution in [0.4, 0.5) is 5.69 Å². The number of rotatable bonds is 5. The van der Waals surface area contributed by atoms with Gasteiger partial charge in [0.2, 0.25) is 0 Å². The lowest BCUT2D eigenvalue weighted by atomic mass is 10.2. The van der Waals surface area contributed by atoms with Crippen molar-refractivity contribution in [3.63, 3.8) is 0 Å². The highest BCUT2D eigenvalue weighted by Gasteiger charge is 1.93. The molecule has 0 amide bonds. The van der Waals surface area contributed by atoms with Crippen LogP contribution in [0.25, 0.3) is 0 Å². The van der Waals surface area contributed by atoms with E-state index in [1.54, 1.807) is 19.1 Å². The van der Waals surface area contributed by atoms with E-state index in [2.05, 4.69) is 36.6 Å². The summed E-state index contributed by atoms with van der Waals surface area (Å²) in [5.74, 6) is 2.25. The number of nitrogens with two attached hydrogens (primary N) is 1. The van der Waals surface area contributed by atoms with Gasteiger partial charge in [0.15, 0.2) is 0 Å². The minimum absolute atomic E-state index is 0.883. The van der Waals surface area contributed by atoms with Crippen LogP contribution >= 0.6 is 0 Å². The number of terminal acetylenes is 1. The molecule has 0 aliphatic carbocycles. The maximum atomic E-state index is 7.07. The summed E-state index contributed by atoms with van der Waals surface area (Å²) in [4.78, 5) is 0. The first kappa shape index (κ1) is 19.8. The largest absolute Gasteiger partial charge is 0.356 e. The normalized spacial score (nSPS) is 8.60. The van der Waals surface area contributed by atoms with Crippen molar-refractivity contribution in [3.05, 3.63) is 66.9 Å². The van der Waals surface area contributed by atoms with E-state index in [1.165, 1.54) is 13.3 Å². The molecule has 20 heavy (non-hydrogen) atoms. The molecule has 0 saturated carbocycles. The molecule has 3 heteroatoms. The average molecular weight is 269 g/mol. The van der Waals surface area contributed by atoms with Crippen LogP contribution in [-0.2, 0) is 0 Å². The molecule has 0 atom stereocenters. The van der Waals surface area contributed by atoms with Crippen molar-refractivity contribution in [2.75, 3.05) is 12.4 Å². The zero-order valence-electron chi connectivity index (χ0n) is 12.2. The van der Waals surface area contributed by atoms with Crippen LogP contribution in [-0.4, -0.2) is 13.3 Å². The number of hydrogen-bond acceptors (Lipinski definition) is 3. The van der Waals surface area contributed by atoms with Gasteiger partial charge in [-0.05, 0) is 43.8 Å². The fraction of sp³-hybridized carbons (Fsp3) is 0.118. The van der Waals surface area contributed by atoms with E-state index in [-0.39, 0.29) is 0 Å². The molecule has 0 aliphatic rings. The SMILES string of the molecule is C#CC.C=C/C=C(\C=C)Nc1ccc(C=N)cc1.CN. The molecule has 0 saturated heterocycles. The molecule has 0 fully saturated rings.